The van der Waals surface area contributed by atoms with Crippen molar-refractivity contribution in [1.82, 2.24) is 0 Å². The molecule has 4 aliphatic carbocycles. The summed E-state index contributed by atoms with van der Waals surface area (Å²) in [4.78, 5) is 0. The van der Waals surface area contributed by atoms with E-state index in [0.717, 1.165) is 29.1 Å². The Morgan fingerprint density at radius 3 is 2.27 bits per heavy atom. The van der Waals surface area contributed by atoms with E-state index in [-0.39, 0.29) is 0 Å². The Labute approximate surface area is 230 Å². The molecule has 2 atom stereocenters. The molecule has 3 saturated carbocycles. The van der Waals surface area contributed by atoms with E-state index in [9.17, 15) is 0 Å². The van der Waals surface area contributed by atoms with E-state index in [2.05, 4.69) is 63.3 Å². The molecule has 0 aromatic heterocycles. The van der Waals surface area contributed by atoms with Crippen molar-refractivity contribution in [2.75, 3.05) is 0 Å². The fraction of sp³-hybridized carbons (Fsp3) is 0.703. The van der Waals surface area contributed by atoms with Gasteiger partial charge in [0.05, 0.1) is 0 Å². The highest BCUT2D eigenvalue weighted by atomic mass is 14.4. The van der Waals surface area contributed by atoms with Gasteiger partial charge in [0.1, 0.15) is 0 Å². The van der Waals surface area contributed by atoms with Gasteiger partial charge >= 0.3 is 0 Å². The van der Waals surface area contributed by atoms with E-state index < -0.39 is 0 Å². The number of hydrogen-bond acceptors (Lipinski definition) is 0. The molecule has 0 bridgehead atoms. The van der Waals surface area contributed by atoms with E-state index in [4.69, 9.17) is 0 Å². The van der Waals surface area contributed by atoms with Crippen molar-refractivity contribution in [3.8, 4) is 0 Å². The molecule has 0 amide bonds. The van der Waals surface area contributed by atoms with Crippen molar-refractivity contribution in [2.45, 2.75) is 136 Å². The Morgan fingerprint density at radius 2 is 1.57 bits per heavy atom. The third kappa shape index (κ3) is 8.60. The van der Waals surface area contributed by atoms with Crippen molar-refractivity contribution in [3.63, 3.8) is 0 Å². The van der Waals surface area contributed by atoms with Crippen LogP contribution in [0.4, 0.5) is 0 Å². The second-order valence-corrected chi connectivity index (χ2v) is 13.3. The summed E-state index contributed by atoms with van der Waals surface area (Å²) in [6.07, 6.45) is 43.4. The quantitative estimate of drug-likeness (QED) is 0.261. The smallest absolute Gasteiger partial charge is 0.0159 e. The summed E-state index contributed by atoms with van der Waals surface area (Å²) in [7, 11) is 0. The summed E-state index contributed by atoms with van der Waals surface area (Å²) in [6.45, 7) is 8.50. The molecule has 0 aromatic rings. The summed E-state index contributed by atoms with van der Waals surface area (Å²) in [5, 5.41) is 0. The van der Waals surface area contributed by atoms with Crippen LogP contribution in [0, 0.1) is 36.0 Å². The number of rotatable bonds is 10. The first kappa shape index (κ1) is 28.7. The monoisotopic (exact) mass is 501 g/mol. The van der Waals surface area contributed by atoms with Crippen molar-refractivity contribution in [1.29, 1.82) is 0 Å². The second kappa shape index (κ2) is 14.7. The standard InChI is InChI=1S/C37H57/c1-4-7-9-12-33-15-16-34(27-33)29-36-28-30(6-3)17-18-35(36)14-10-13-32-21-25-37(26-22-32)23-19-31(20-24-37)11-8-5-2/h5-9,28-29,31-33,35H,3-4,10-27H2,1-2H3/b8-5-,9-7-,30-6?,34-29-. The van der Waals surface area contributed by atoms with Gasteiger partial charge in [-0.25, -0.2) is 0 Å². The van der Waals surface area contributed by atoms with E-state index in [0.29, 0.717) is 0 Å². The van der Waals surface area contributed by atoms with Gasteiger partial charge in [-0.05, 0) is 158 Å². The minimum Gasteiger partial charge on any atom is -0.0917 e. The Bertz CT molecular complexity index is 827. The molecule has 0 N–H and O–H groups in total. The minimum absolute atomic E-state index is 0.733. The summed E-state index contributed by atoms with van der Waals surface area (Å²) >= 11 is 0. The zero-order chi connectivity index (χ0) is 25.9. The largest absolute Gasteiger partial charge is 0.0917 e. The van der Waals surface area contributed by atoms with Gasteiger partial charge in [0.2, 0.25) is 0 Å². The third-order valence-electron chi connectivity index (χ3n) is 10.7. The Morgan fingerprint density at radius 1 is 0.838 bits per heavy atom. The zero-order valence-electron chi connectivity index (χ0n) is 24.5. The van der Waals surface area contributed by atoms with E-state index in [1.165, 1.54) is 128 Å². The maximum Gasteiger partial charge on any atom is -0.0159 e. The van der Waals surface area contributed by atoms with Crippen LogP contribution >= 0.6 is 0 Å². The average molecular weight is 502 g/mol. The van der Waals surface area contributed by atoms with Crippen molar-refractivity contribution >= 4 is 0 Å². The Kier molecular flexibility index (Phi) is 11.4. The molecule has 1 radical (unpaired) electrons. The average Bonchev–Trinajstić information content (AvgIpc) is 3.37. The summed E-state index contributed by atoms with van der Waals surface area (Å²) in [5.41, 5.74) is 5.55. The van der Waals surface area contributed by atoms with Gasteiger partial charge in [-0.2, -0.15) is 0 Å². The van der Waals surface area contributed by atoms with Crippen LogP contribution in [0.2, 0.25) is 0 Å². The fourth-order valence-corrected chi connectivity index (χ4v) is 8.12. The highest BCUT2D eigenvalue weighted by Gasteiger charge is 2.38. The lowest BCUT2D eigenvalue weighted by Gasteiger charge is -2.45. The molecule has 37 heavy (non-hydrogen) atoms. The first-order chi connectivity index (χ1) is 18.1. The lowest BCUT2D eigenvalue weighted by molar-refractivity contribution is 0.0732. The van der Waals surface area contributed by atoms with Crippen LogP contribution in [-0.4, -0.2) is 0 Å². The first-order valence-electron chi connectivity index (χ1n) is 16.3. The molecule has 4 rings (SSSR count). The van der Waals surface area contributed by atoms with Gasteiger partial charge in [-0.1, -0.05) is 73.4 Å². The van der Waals surface area contributed by atoms with Gasteiger partial charge in [0.25, 0.3) is 0 Å². The maximum atomic E-state index is 4.09. The Balaban J connectivity index is 1.22. The van der Waals surface area contributed by atoms with Gasteiger partial charge in [-0.3, -0.25) is 0 Å². The van der Waals surface area contributed by atoms with Crippen LogP contribution in [0.1, 0.15) is 136 Å². The molecule has 0 aromatic carbocycles. The van der Waals surface area contributed by atoms with Crippen molar-refractivity contribution in [2.24, 2.45) is 29.1 Å². The molecule has 0 nitrogen and oxygen atoms in total. The first-order valence-corrected chi connectivity index (χ1v) is 16.3. The maximum absolute atomic E-state index is 4.09. The molecule has 0 heteroatoms. The summed E-state index contributed by atoms with van der Waals surface area (Å²) in [5.74, 6) is 3.62. The van der Waals surface area contributed by atoms with Crippen LogP contribution < -0.4 is 0 Å². The third-order valence-corrected chi connectivity index (χ3v) is 10.7. The topological polar surface area (TPSA) is 0 Å². The van der Waals surface area contributed by atoms with Gasteiger partial charge in [-0.15, -0.1) is 0 Å². The molecule has 0 saturated heterocycles. The lowest BCUT2D eigenvalue weighted by atomic mass is 9.61. The predicted molar refractivity (Wildman–Crippen MR) is 163 cm³/mol. The molecular formula is C37H57. The van der Waals surface area contributed by atoms with Crippen LogP contribution in [-0.2, 0) is 0 Å². The van der Waals surface area contributed by atoms with E-state index in [1.54, 1.807) is 11.1 Å². The SMILES string of the molecule is [CH2]C=C1C=C(/C=C2/CCC(C/C=C\CC)C2)C(CCCC2CCC3(CCC(C/C=C\C)CC3)CC2)CC1. The molecule has 4 aliphatic rings. The van der Waals surface area contributed by atoms with Crippen LogP contribution in [0.5, 0.6) is 0 Å². The van der Waals surface area contributed by atoms with E-state index >= 15 is 0 Å². The lowest BCUT2D eigenvalue weighted by Crippen LogP contribution is -2.32. The van der Waals surface area contributed by atoms with Gasteiger partial charge in [0.15, 0.2) is 0 Å². The van der Waals surface area contributed by atoms with Gasteiger partial charge in [0, 0.05) is 0 Å². The predicted octanol–water partition coefficient (Wildman–Crippen LogP) is 11.7. The number of hydrogen-bond donors (Lipinski definition) is 0. The summed E-state index contributed by atoms with van der Waals surface area (Å²) < 4.78 is 0. The molecule has 3 fully saturated rings. The highest BCUT2D eigenvalue weighted by molar-refractivity contribution is 5.38. The molecule has 2 unspecified atom stereocenters. The fourth-order valence-electron chi connectivity index (χ4n) is 8.12. The van der Waals surface area contributed by atoms with Gasteiger partial charge < -0.3 is 0 Å². The van der Waals surface area contributed by atoms with Crippen molar-refractivity contribution in [3.05, 3.63) is 66.2 Å². The molecule has 0 aliphatic heterocycles. The summed E-state index contributed by atoms with van der Waals surface area (Å²) in [6, 6.07) is 0. The highest BCUT2D eigenvalue weighted by Crippen LogP contribution is 2.51. The second-order valence-electron chi connectivity index (χ2n) is 13.3. The van der Waals surface area contributed by atoms with Crippen LogP contribution in [0.15, 0.2) is 59.3 Å². The zero-order valence-corrected chi connectivity index (χ0v) is 24.5. The molecule has 205 valence electrons. The number of allylic oxidation sites excluding steroid dienone is 10. The minimum atomic E-state index is 0.733. The van der Waals surface area contributed by atoms with Crippen molar-refractivity contribution < 1.29 is 0 Å². The Hall–Kier alpha value is -1.30. The van der Waals surface area contributed by atoms with Crippen LogP contribution in [0.3, 0.4) is 0 Å². The van der Waals surface area contributed by atoms with E-state index in [1.807, 2.05) is 0 Å². The molecule has 1 spiro atoms. The molecule has 0 heterocycles. The van der Waals surface area contributed by atoms with Crippen LogP contribution in [0.25, 0.3) is 0 Å². The molecular weight excluding hydrogens is 444 g/mol. The normalized spacial score (nSPS) is 35.4.